The second kappa shape index (κ2) is 5.88. The number of benzene rings is 1. The van der Waals surface area contributed by atoms with E-state index in [0.717, 1.165) is 12.3 Å². The van der Waals surface area contributed by atoms with Gasteiger partial charge in [0.1, 0.15) is 0 Å². The van der Waals surface area contributed by atoms with Gasteiger partial charge in [-0.2, -0.15) is 0 Å². The van der Waals surface area contributed by atoms with Crippen LogP contribution in [-0.4, -0.2) is 5.78 Å². The Labute approximate surface area is 112 Å². The molecule has 1 fully saturated rings. The number of carbonyl (C=O) groups excluding carboxylic acids is 1. The van der Waals surface area contributed by atoms with Crippen LogP contribution in [0.5, 0.6) is 0 Å². The van der Waals surface area contributed by atoms with Crippen molar-refractivity contribution in [1.29, 1.82) is 0 Å². The Bertz CT molecular complexity index is 409. The van der Waals surface area contributed by atoms with Crippen molar-refractivity contribution in [3.05, 3.63) is 33.8 Å². The highest BCUT2D eigenvalue weighted by molar-refractivity contribution is 6.35. The molecule has 2 rings (SSSR count). The van der Waals surface area contributed by atoms with E-state index in [1.54, 1.807) is 18.2 Å². The van der Waals surface area contributed by atoms with Crippen LogP contribution in [-0.2, 0) is 0 Å². The van der Waals surface area contributed by atoms with E-state index in [0.29, 0.717) is 22.0 Å². The van der Waals surface area contributed by atoms with Gasteiger partial charge < -0.3 is 0 Å². The largest absolute Gasteiger partial charge is 0.294 e. The van der Waals surface area contributed by atoms with Crippen LogP contribution in [0.25, 0.3) is 0 Å². The van der Waals surface area contributed by atoms with E-state index < -0.39 is 0 Å². The third-order valence-electron chi connectivity index (χ3n) is 3.48. The molecule has 1 aliphatic carbocycles. The predicted octanol–water partition coefficient (Wildman–Crippen LogP) is 5.15. The molecule has 1 saturated carbocycles. The van der Waals surface area contributed by atoms with Crippen LogP contribution >= 0.6 is 23.2 Å². The molecule has 0 spiro atoms. The summed E-state index contributed by atoms with van der Waals surface area (Å²) in [7, 11) is 0. The Balaban J connectivity index is 1.96. The summed E-state index contributed by atoms with van der Waals surface area (Å²) in [5.41, 5.74) is 0.567. The van der Waals surface area contributed by atoms with Gasteiger partial charge in [0, 0.05) is 17.0 Å². The van der Waals surface area contributed by atoms with Crippen LogP contribution < -0.4 is 0 Å². The van der Waals surface area contributed by atoms with Gasteiger partial charge in [-0.1, -0.05) is 48.9 Å². The van der Waals surface area contributed by atoms with Crippen LogP contribution in [0.4, 0.5) is 0 Å². The minimum Gasteiger partial charge on any atom is -0.294 e. The summed E-state index contributed by atoms with van der Waals surface area (Å²) in [5.74, 6) is 0.848. The van der Waals surface area contributed by atoms with E-state index in [4.69, 9.17) is 23.2 Å². The highest BCUT2D eigenvalue weighted by atomic mass is 35.5. The molecule has 17 heavy (non-hydrogen) atoms. The van der Waals surface area contributed by atoms with Crippen molar-refractivity contribution in [2.75, 3.05) is 0 Å². The maximum atomic E-state index is 12.0. The van der Waals surface area contributed by atoms with Gasteiger partial charge in [0.15, 0.2) is 5.78 Å². The van der Waals surface area contributed by atoms with Crippen molar-refractivity contribution in [1.82, 2.24) is 0 Å². The van der Waals surface area contributed by atoms with E-state index in [2.05, 4.69) is 0 Å². The lowest BCUT2D eigenvalue weighted by atomic mass is 9.97. The molecule has 1 aromatic rings. The topological polar surface area (TPSA) is 17.1 Å². The molecule has 0 radical (unpaired) electrons. The molecule has 92 valence electrons. The molecule has 0 aliphatic heterocycles. The highest BCUT2D eigenvalue weighted by Gasteiger charge is 2.18. The van der Waals surface area contributed by atoms with Crippen molar-refractivity contribution >= 4 is 29.0 Å². The molecule has 0 unspecified atom stereocenters. The summed E-state index contributed by atoms with van der Waals surface area (Å²) < 4.78 is 0. The lowest BCUT2D eigenvalue weighted by molar-refractivity contribution is 0.0974. The number of ketones is 1. The van der Waals surface area contributed by atoms with Crippen LogP contribution in [0.15, 0.2) is 18.2 Å². The molecule has 0 N–H and O–H groups in total. The summed E-state index contributed by atoms with van der Waals surface area (Å²) >= 11 is 11.9. The van der Waals surface area contributed by atoms with Crippen LogP contribution in [0.1, 0.15) is 48.9 Å². The number of hydrogen-bond acceptors (Lipinski definition) is 1. The molecule has 0 saturated heterocycles. The summed E-state index contributed by atoms with van der Waals surface area (Å²) in [4.78, 5) is 12.0. The minimum absolute atomic E-state index is 0.115. The number of hydrogen-bond donors (Lipinski definition) is 0. The number of rotatable bonds is 4. The molecule has 1 aromatic carbocycles. The van der Waals surface area contributed by atoms with Gasteiger partial charge >= 0.3 is 0 Å². The quantitative estimate of drug-likeness (QED) is 0.692. The summed E-state index contributed by atoms with van der Waals surface area (Å²) in [6, 6.07) is 5.06. The third kappa shape index (κ3) is 3.46. The fourth-order valence-corrected chi connectivity index (χ4v) is 2.88. The maximum absolute atomic E-state index is 12.0. The third-order valence-corrected chi connectivity index (χ3v) is 4.05. The second-order valence-corrected chi connectivity index (χ2v) is 5.58. The Kier molecular flexibility index (Phi) is 4.47. The van der Waals surface area contributed by atoms with Crippen molar-refractivity contribution in [2.45, 2.75) is 38.5 Å². The summed E-state index contributed by atoms with van der Waals surface area (Å²) in [6.07, 6.45) is 6.76. The van der Waals surface area contributed by atoms with Crippen molar-refractivity contribution in [3.8, 4) is 0 Å². The average Bonchev–Trinajstić information content (AvgIpc) is 2.82. The fourth-order valence-electron chi connectivity index (χ4n) is 2.48. The first kappa shape index (κ1) is 12.9. The van der Waals surface area contributed by atoms with Crippen LogP contribution in [0.3, 0.4) is 0 Å². The van der Waals surface area contributed by atoms with Crippen molar-refractivity contribution in [2.24, 2.45) is 5.92 Å². The fraction of sp³-hybridized carbons (Fsp3) is 0.500. The van der Waals surface area contributed by atoms with Crippen molar-refractivity contribution in [3.63, 3.8) is 0 Å². The lowest BCUT2D eigenvalue weighted by Crippen LogP contribution is -2.03. The SMILES string of the molecule is O=C(CCC1CCCC1)c1cc(Cl)ccc1Cl. The second-order valence-electron chi connectivity index (χ2n) is 4.74. The number of halogens is 2. The van der Waals surface area contributed by atoms with Gasteiger partial charge in [0.25, 0.3) is 0 Å². The monoisotopic (exact) mass is 270 g/mol. The van der Waals surface area contributed by atoms with Gasteiger partial charge in [-0.25, -0.2) is 0 Å². The predicted molar refractivity (Wildman–Crippen MR) is 72.0 cm³/mol. The zero-order valence-corrected chi connectivity index (χ0v) is 11.2. The Morgan fingerprint density at radius 3 is 2.65 bits per heavy atom. The van der Waals surface area contributed by atoms with E-state index in [1.165, 1.54) is 25.7 Å². The lowest BCUT2D eigenvalue weighted by Gasteiger charge is -2.08. The van der Waals surface area contributed by atoms with E-state index in [9.17, 15) is 4.79 Å². The Morgan fingerprint density at radius 2 is 1.94 bits per heavy atom. The average molecular weight is 271 g/mol. The maximum Gasteiger partial charge on any atom is 0.164 e. The Hall–Kier alpha value is -0.530. The van der Waals surface area contributed by atoms with Crippen molar-refractivity contribution < 1.29 is 4.79 Å². The molecule has 0 aromatic heterocycles. The summed E-state index contributed by atoms with van der Waals surface area (Å²) in [5, 5.41) is 1.07. The normalized spacial score (nSPS) is 16.4. The van der Waals surface area contributed by atoms with E-state index in [1.807, 2.05) is 0 Å². The van der Waals surface area contributed by atoms with E-state index >= 15 is 0 Å². The smallest absolute Gasteiger partial charge is 0.164 e. The van der Waals surface area contributed by atoms with Gasteiger partial charge in [-0.15, -0.1) is 0 Å². The summed E-state index contributed by atoms with van der Waals surface area (Å²) in [6.45, 7) is 0. The molecular weight excluding hydrogens is 255 g/mol. The Morgan fingerprint density at radius 1 is 1.24 bits per heavy atom. The molecule has 1 nitrogen and oxygen atoms in total. The molecule has 0 amide bonds. The zero-order valence-electron chi connectivity index (χ0n) is 9.72. The molecule has 0 heterocycles. The minimum atomic E-state index is 0.115. The number of Topliss-reactive ketones (excluding diaryl/α,β-unsaturated/α-hetero) is 1. The standard InChI is InChI=1S/C14H16Cl2O/c15-11-6-7-13(16)12(9-11)14(17)8-5-10-3-1-2-4-10/h6-7,9-10H,1-5,8H2. The van der Waals surface area contributed by atoms with E-state index in [-0.39, 0.29) is 5.78 Å². The van der Waals surface area contributed by atoms with Gasteiger partial charge in [0.05, 0.1) is 5.02 Å². The first-order valence-corrected chi connectivity index (χ1v) is 6.90. The van der Waals surface area contributed by atoms with Crippen LogP contribution in [0, 0.1) is 5.92 Å². The van der Waals surface area contributed by atoms with Gasteiger partial charge in [0.2, 0.25) is 0 Å². The zero-order chi connectivity index (χ0) is 12.3. The molecule has 3 heteroatoms. The first-order chi connectivity index (χ1) is 8.16. The van der Waals surface area contributed by atoms with Crippen LogP contribution in [0.2, 0.25) is 10.0 Å². The van der Waals surface area contributed by atoms with Gasteiger partial charge in [-0.3, -0.25) is 4.79 Å². The molecule has 0 atom stereocenters. The number of carbonyl (C=O) groups is 1. The first-order valence-electron chi connectivity index (χ1n) is 6.15. The van der Waals surface area contributed by atoms with Gasteiger partial charge in [-0.05, 0) is 30.5 Å². The highest BCUT2D eigenvalue weighted by Crippen LogP contribution is 2.30. The molecular formula is C14H16Cl2O. The molecule has 0 bridgehead atoms. The molecule has 1 aliphatic rings.